The number of hydrogen-bond donors (Lipinski definition) is 1. The van der Waals surface area contributed by atoms with Crippen molar-refractivity contribution in [2.45, 2.75) is 20.4 Å². The molecule has 0 heterocycles. The van der Waals surface area contributed by atoms with Gasteiger partial charge < -0.3 is 14.8 Å². The fourth-order valence-corrected chi connectivity index (χ4v) is 2.23. The maximum Gasteiger partial charge on any atom is 0.125 e. The molecule has 0 aliphatic rings. The van der Waals surface area contributed by atoms with Gasteiger partial charge in [0.15, 0.2) is 0 Å². The molecule has 3 heteroatoms. The zero-order valence-corrected chi connectivity index (χ0v) is 13.0. The zero-order chi connectivity index (χ0) is 15.1. The van der Waals surface area contributed by atoms with E-state index in [0.717, 1.165) is 24.6 Å². The summed E-state index contributed by atoms with van der Waals surface area (Å²) in [6.07, 6.45) is 0. The first-order chi connectivity index (χ1) is 10.2. The van der Waals surface area contributed by atoms with E-state index in [-0.39, 0.29) is 0 Å². The Morgan fingerprint density at radius 3 is 2.24 bits per heavy atom. The van der Waals surface area contributed by atoms with E-state index in [4.69, 9.17) is 9.47 Å². The summed E-state index contributed by atoms with van der Waals surface area (Å²) < 4.78 is 11.0. The molecular weight excluding hydrogens is 262 g/mol. The number of aryl methyl sites for hydroxylation is 2. The molecule has 2 rings (SSSR count). The minimum absolute atomic E-state index is 0.669. The van der Waals surface area contributed by atoms with E-state index in [0.29, 0.717) is 6.61 Å². The van der Waals surface area contributed by atoms with Crippen LogP contribution in [0, 0.1) is 13.8 Å². The molecule has 0 atom stereocenters. The summed E-state index contributed by atoms with van der Waals surface area (Å²) in [5.74, 6) is 1.89. The molecule has 0 aliphatic heterocycles. The van der Waals surface area contributed by atoms with Crippen LogP contribution in [0.2, 0.25) is 0 Å². The molecule has 0 aromatic heterocycles. The van der Waals surface area contributed by atoms with Crippen LogP contribution in [0.25, 0.3) is 0 Å². The molecule has 0 fully saturated rings. The van der Waals surface area contributed by atoms with Gasteiger partial charge in [-0.1, -0.05) is 30.3 Å². The minimum Gasteiger partial charge on any atom is -0.497 e. The summed E-state index contributed by atoms with van der Waals surface area (Å²) in [5, 5.41) is 3.38. The predicted molar refractivity (Wildman–Crippen MR) is 86.1 cm³/mol. The Labute approximate surface area is 126 Å². The Balaban J connectivity index is 1.72. The molecule has 112 valence electrons. The second kappa shape index (κ2) is 7.70. The SMILES string of the molecule is COc1ccc(CNCCOc2c(C)cccc2C)cc1. The normalized spacial score (nSPS) is 10.4. The van der Waals surface area contributed by atoms with Crippen molar-refractivity contribution in [3.05, 3.63) is 59.2 Å². The van der Waals surface area contributed by atoms with Gasteiger partial charge >= 0.3 is 0 Å². The fraction of sp³-hybridized carbons (Fsp3) is 0.333. The van der Waals surface area contributed by atoms with Crippen LogP contribution >= 0.6 is 0 Å². The van der Waals surface area contributed by atoms with Crippen LogP contribution in [-0.2, 0) is 6.54 Å². The molecule has 0 saturated heterocycles. The van der Waals surface area contributed by atoms with Crippen LogP contribution in [0.1, 0.15) is 16.7 Å². The summed E-state index contributed by atoms with van der Waals surface area (Å²) in [4.78, 5) is 0. The van der Waals surface area contributed by atoms with Crippen LogP contribution in [0.3, 0.4) is 0 Å². The second-order valence-corrected chi connectivity index (χ2v) is 5.09. The van der Waals surface area contributed by atoms with Gasteiger partial charge in [-0.2, -0.15) is 0 Å². The van der Waals surface area contributed by atoms with Gasteiger partial charge in [-0.25, -0.2) is 0 Å². The lowest BCUT2D eigenvalue weighted by Crippen LogP contribution is -2.20. The van der Waals surface area contributed by atoms with Crippen molar-refractivity contribution >= 4 is 0 Å². The van der Waals surface area contributed by atoms with Gasteiger partial charge in [-0.05, 0) is 42.7 Å². The van der Waals surface area contributed by atoms with Crippen molar-refractivity contribution in [3.8, 4) is 11.5 Å². The van der Waals surface area contributed by atoms with Crippen LogP contribution in [0.5, 0.6) is 11.5 Å². The number of hydrogen-bond acceptors (Lipinski definition) is 3. The average molecular weight is 285 g/mol. The maximum absolute atomic E-state index is 5.86. The molecule has 0 saturated carbocycles. The molecule has 2 aromatic rings. The van der Waals surface area contributed by atoms with E-state index in [1.807, 2.05) is 12.1 Å². The van der Waals surface area contributed by atoms with E-state index >= 15 is 0 Å². The highest BCUT2D eigenvalue weighted by molar-refractivity contribution is 5.39. The van der Waals surface area contributed by atoms with E-state index in [9.17, 15) is 0 Å². The molecule has 0 amide bonds. The quantitative estimate of drug-likeness (QED) is 0.790. The predicted octanol–water partition coefficient (Wildman–Crippen LogP) is 3.48. The molecule has 1 N–H and O–H groups in total. The smallest absolute Gasteiger partial charge is 0.125 e. The zero-order valence-electron chi connectivity index (χ0n) is 13.0. The number of para-hydroxylation sites is 1. The maximum atomic E-state index is 5.86. The third-order valence-corrected chi connectivity index (χ3v) is 3.42. The van der Waals surface area contributed by atoms with E-state index in [1.54, 1.807) is 7.11 Å². The molecule has 0 bridgehead atoms. The van der Waals surface area contributed by atoms with Crippen LogP contribution < -0.4 is 14.8 Å². The van der Waals surface area contributed by atoms with Crippen molar-refractivity contribution in [3.63, 3.8) is 0 Å². The molecule has 0 unspecified atom stereocenters. The monoisotopic (exact) mass is 285 g/mol. The molecule has 0 aliphatic carbocycles. The number of rotatable bonds is 7. The Morgan fingerprint density at radius 2 is 1.62 bits per heavy atom. The first kappa shape index (κ1) is 15.4. The topological polar surface area (TPSA) is 30.5 Å². The molecule has 0 spiro atoms. The minimum atomic E-state index is 0.669. The first-order valence-corrected chi connectivity index (χ1v) is 7.23. The third kappa shape index (κ3) is 4.50. The summed E-state index contributed by atoms with van der Waals surface area (Å²) in [6.45, 7) is 6.47. The van der Waals surface area contributed by atoms with Crippen molar-refractivity contribution < 1.29 is 9.47 Å². The van der Waals surface area contributed by atoms with Crippen molar-refractivity contribution in [2.75, 3.05) is 20.3 Å². The van der Waals surface area contributed by atoms with E-state index in [2.05, 4.69) is 49.5 Å². The van der Waals surface area contributed by atoms with Crippen LogP contribution in [0.15, 0.2) is 42.5 Å². The summed E-state index contributed by atoms with van der Waals surface area (Å²) in [5.41, 5.74) is 3.61. The number of methoxy groups -OCH3 is 1. The molecule has 3 nitrogen and oxygen atoms in total. The first-order valence-electron chi connectivity index (χ1n) is 7.23. The Hall–Kier alpha value is -2.00. The average Bonchev–Trinajstić information content (AvgIpc) is 2.50. The largest absolute Gasteiger partial charge is 0.497 e. The fourth-order valence-electron chi connectivity index (χ4n) is 2.23. The number of benzene rings is 2. The Morgan fingerprint density at radius 1 is 0.952 bits per heavy atom. The Kier molecular flexibility index (Phi) is 5.64. The van der Waals surface area contributed by atoms with Gasteiger partial charge in [0, 0.05) is 13.1 Å². The van der Waals surface area contributed by atoms with E-state index in [1.165, 1.54) is 16.7 Å². The van der Waals surface area contributed by atoms with Crippen LogP contribution in [-0.4, -0.2) is 20.3 Å². The number of nitrogens with one attached hydrogen (secondary N) is 1. The Bertz CT molecular complexity index is 544. The van der Waals surface area contributed by atoms with Crippen molar-refractivity contribution in [2.24, 2.45) is 0 Å². The third-order valence-electron chi connectivity index (χ3n) is 3.42. The summed E-state index contributed by atoms with van der Waals surface area (Å²) in [6, 6.07) is 14.3. The lowest BCUT2D eigenvalue weighted by molar-refractivity contribution is 0.309. The van der Waals surface area contributed by atoms with Crippen LogP contribution in [0.4, 0.5) is 0 Å². The molecular formula is C18H23NO2. The standard InChI is InChI=1S/C18H23NO2/c1-14-5-4-6-15(2)18(14)21-12-11-19-13-16-7-9-17(20-3)10-8-16/h4-10,19H,11-13H2,1-3H3. The summed E-state index contributed by atoms with van der Waals surface area (Å²) in [7, 11) is 1.68. The molecule has 0 radical (unpaired) electrons. The lowest BCUT2D eigenvalue weighted by Gasteiger charge is -2.12. The second-order valence-electron chi connectivity index (χ2n) is 5.09. The highest BCUT2D eigenvalue weighted by Gasteiger charge is 2.02. The summed E-state index contributed by atoms with van der Waals surface area (Å²) >= 11 is 0. The van der Waals surface area contributed by atoms with Gasteiger partial charge in [0.25, 0.3) is 0 Å². The highest BCUT2D eigenvalue weighted by Crippen LogP contribution is 2.21. The van der Waals surface area contributed by atoms with Gasteiger partial charge in [0.05, 0.1) is 7.11 Å². The van der Waals surface area contributed by atoms with Gasteiger partial charge in [-0.3, -0.25) is 0 Å². The molecule has 21 heavy (non-hydrogen) atoms. The van der Waals surface area contributed by atoms with Gasteiger partial charge in [0.1, 0.15) is 18.1 Å². The van der Waals surface area contributed by atoms with Gasteiger partial charge in [-0.15, -0.1) is 0 Å². The van der Waals surface area contributed by atoms with E-state index < -0.39 is 0 Å². The number of ether oxygens (including phenoxy) is 2. The highest BCUT2D eigenvalue weighted by atomic mass is 16.5. The lowest BCUT2D eigenvalue weighted by atomic mass is 10.1. The van der Waals surface area contributed by atoms with Gasteiger partial charge in [0.2, 0.25) is 0 Å². The molecule has 2 aromatic carbocycles. The van der Waals surface area contributed by atoms with Crippen molar-refractivity contribution in [1.82, 2.24) is 5.32 Å². The van der Waals surface area contributed by atoms with Crippen molar-refractivity contribution in [1.29, 1.82) is 0 Å².